The maximum Gasteiger partial charge on any atom is 0.306 e. The van der Waals surface area contributed by atoms with E-state index in [-0.39, 0.29) is 37.5 Å². The second-order valence-corrected chi connectivity index (χ2v) is 21.6. The predicted molar refractivity (Wildman–Crippen MR) is 361 cm³/mol. The Balaban J connectivity index is 4.47. The molecule has 0 radical (unpaired) electrons. The lowest BCUT2D eigenvalue weighted by molar-refractivity contribution is -0.167. The SMILES string of the molecule is CC/C=C\C/C=C\C/C=C\C/C=C\C/C=C\C/C=C\C/C=C\C/C=C\C/C=C\CCCCCC(=O)OCC(COC(=O)CCCCCCCCC/C=C\CCCCCCCC)OC(=O)CCCCCC/C=C\C/C=C\C/C=C\C/C=C\CC. The molecule has 0 spiro atoms. The van der Waals surface area contributed by atoms with Crippen LogP contribution in [0.2, 0.25) is 0 Å². The van der Waals surface area contributed by atoms with Gasteiger partial charge >= 0.3 is 17.9 Å². The number of allylic oxidation sites excluding steroid dienone is 28. The van der Waals surface area contributed by atoms with Crippen molar-refractivity contribution in [2.75, 3.05) is 13.2 Å². The molecule has 83 heavy (non-hydrogen) atoms. The van der Waals surface area contributed by atoms with Crippen LogP contribution in [0.4, 0.5) is 0 Å². The molecule has 1 unspecified atom stereocenters. The van der Waals surface area contributed by atoms with E-state index in [1.54, 1.807) is 0 Å². The van der Waals surface area contributed by atoms with E-state index in [4.69, 9.17) is 14.2 Å². The summed E-state index contributed by atoms with van der Waals surface area (Å²) in [6.45, 7) is 6.36. The molecule has 466 valence electrons. The Bertz CT molecular complexity index is 1890. The van der Waals surface area contributed by atoms with E-state index in [0.29, 0.717) is 12.8 Å². The summed E-state index contributed by atoms with van der Waals surface area (Å²) in [5, 5.41) is 0. The van der Waals surface area contributed by atoms with Gasteiger partial charge in [0, 0.05) is 19.3 Å². The second kappa shape index (κ2) is 69.3. The molecular weight excluding hydrogens is 1020 g/mol. The van der Waals surface area contributed by atoms with Crippen LogP contribution in [0.3, 0.4) is 0 Å². The van der Waals surface area contributed by atoms with Crippen LogP contribution in [0.1, 0.15) is 278 Å². The third kappa shape index (κ3) is 67.4. The van der Waals surface area contributed by atoms with Crippen molar-refractivity contribution in [2.45, 2.75) is 284 Å². The fourth-order valence-corrected chi connectivity index (χ4v) is 8.71. The van der Waals surface area contributed by atoms with Crippen LogP contribution in [0.25, 0.3) is 0 Å². The van der Waals surface area contributed by atoms with Gasteiger partial charge in [0.1, 0.15) is 13.2 Å². The molecule has 0 rings (SSSR count). The van der Waals surface area contributed by atoms with Crippen molar-refractivity contribution in [1.29, 1.82) is 0 Å². The van der Waals surface area contributed by atoms with Crippen LogP contribution in [-0.2, 0) is 28.6 Å². The van der Waals surface area contributed by atoms with Crippen molar-refractivity contribution in [3.05, 3.63) is 170 Å². The van der Waals surface area contributed by atoms with Crippen molar-refractivity contribution in [1.82, 2.24) is 0 Å². The zero-order valence-electron chi connectivity index (χ0n) is 53.4. The van der Waals surface area contributed by atoms with Gasteiger partial charge in [-0.1, -0.05) is 274 Å². The van der Waals surface area contributed by atoms with Gasteiger partial charge in [-0.25, -0.2) is 0 Å². The fourth-order valence-electron chi connectivity index (χ4n) is 8.71. The predicted octanol–water partition coefficient (Wildman–Crippen LogP) is 23.4. The third-order valence-electron chi connectivity index (χ3n) is 13.7. The number of carbonyl (C=O) groups is 3. The van der Waals surface area contributed by atoms with E-state index >= 15 is 0 Å². The molecule has 0 fully saturated rings. The molecule has 6 heteroatoms. The van der Waals surface area contributed by atoms with Gasteiger partial charge < -0.3 is 14.2 Å². The summed E-state index contributed by atoms with van der Waals surface area (Å²) in [5.41, 5.74) is 0. The molecule has 1 atom stereocenters. The minimum absolute atomic E-state index is 0.108. The molecule has 0 N–H and O–H groups in total. The van der Waals surface area contributed by atoms with Crippen molar-refractivity contribution < 1.29 is 28.6 Å². The van der Waals surface area contributed by atoms with Crippen molar-refractivity contribution >= 4 is 17.9 Å². The maximum absolute atomic E-state index is 12.9. The topological polar surface area (TPSA) is 78.9 Å². The molecule has 0 saturated carbocycles. The highest BCUT2D eigenvalue weighted by Gasteiger charge is 2.19. The molecule has 0 aliphatic rings. The van der Waals surface area contributed by atoms with E-state index < -0.39 is 6.10 Å². The van der Waals surface area contributed by atoms with E-state index in [0.717, 1.165) is 161 Å². The Kier molecular flexibility index (Phi) is 64.9. The van der Waals surface area contributed by atoms with Gasteiger partial charge in [-0.2, -0.15) is 0 Å². The first-order chi connectivity index (χ1) is 41.0. The first-order valence-electron chi connectivity index (χ1n) is 33.6. The average molecular weight is 1140 g/mol. The summed E-state index contributed by atoms with van der Waals surface area (Å²) in [5.74, 6) is -0.972. The van der Waals surface area contributed by atoms with Crippen molar-refractivity contribution in [3.63, 3.8) is 0 Å². The summed E-state index contributed by atoms with van der Waals surface area (Å²) >= 11 is 0. The van der Waals surface area contributed by atoms with E-state index in [1.807, 2.05) is 0 Å². The van der Waals surface area contributed by atoms with Gasteiger partial charge in [0.05, 0.1) is 0 Å². The number of rotatable bonds is 59. The van der Waals surface area contributed by atoms with E-state index in [1.165, 1.54) is 77.0 Å². The van der Waals surface area contributed by atoms with Gasteiger partial charge in [0.15, 0.2) is 6.10 Å². The standard InChI is InChI=1S/C77H122O6/c1-4-7-10-13-16-19-22-25-28-31-32-33-34-35-36-37-38-39-40-41-42-43-44-47-49-52-55-58-61-64-67-70-76(79)82-73-74(83-77(80)71-68-65-62-59-56-53-50-46-30-27-24-21-18-15-12-9-6-3)72-81-75(78)69-66-63-60-57-54-51-48-45-29-26-23-20-17-14-11-8-5-2/h7,9-10,12,16,18-19,21,25-30,32-33,35-36,38-39,41-42,44,47,50,52-53,55,74H,4-6,8,11,13-15,17,20,22-24,31,34,37,40,43,45-46,48-49,51,54,56-73H2,1-3H3/b10-7-,12-9-,19-16-,21-18-,28-25-,29-26-,30-27-,33-32-,36-35-,39-38-,42-41-,47-44-,53-50-,55-52-. The first-order valence-corrected chi connectivity index (χ1v) is 33.6. The number of ether oxygens (including phenoxy) is 3. The summed E-state index contributed by atoms with van der Waals surface area (Å²) in [6.07, 6.45) is 102. The molecule has 0 heterocycles. The lowest BCUT2D eigenvalue weighted by Crippen LogP contribution is -2.30. The highest BCUT2D eigenvalue weighted by Crippen LogP contribution is 2.14. The fraction of sp³-hybridized carbons (Fsp3) is 0.597. The Morgan fingerprint density at radius 3 is 0.759 bits per heavy atom. The van der Waals surface area contributed by atoms with E-state index in [2.05, 4.69) is 191 Å². The quantitative estimate of drug-likeness (QED) is 0.0261. The normalized spacial score (nSPS) is 13.2. The maximum atomic E-state index is 12.9. The molecule has 0 aromatic rings. The third-order valence-corrected chi connectivity index (χ3v) is 13.7. The largest absolute Gasteiger partial charge is 0.462 e. The summed E-state index contributed by atoms with van der Waals surface area (Å²) in [4.78, 5) is 38.4. The highest BCUT2D eigenvalue weighted by atomic mass is 16.6. The van der Waals surface area contributed by atoms with Crippen molar-refractivity contribution in [2.24, 2.45) is 0 Å². The van der Waals surface area contributed by atoms with Crippen LogP contribution < -0.4 is 0 Å². The summed E-state index contributed by atoms with van der Waals surface area (Å²) in [6, 6.07) is 0. The van der Waals surface area contributed by atoms with Gasteiger partial charge in [0.25, 0.3) is 0 Å². The van der Waals surface area contributed by atoms with Crippen molar-refractivity contribution in [3.8, 4) is 0 Å². The molecule has 0 aliphatic carbocycles. The first kappa shape index (κ1) is 77.8. The Morgan fingerprint density at radius 1 is 0.253 bits per heavy atom. The number of unbranched alkanes of at least 4 members (excludes halogenated alkanes) is 20. The lowest BCUT2D eigenvalue weighted by Gasteiger charge is -2.18. The van der Waals surface area contributed by atoms with Gasteiger partial charge in [-0.15, -0.1) is 0 Å². The lowest BCUT2D eigenvalue weighted by atomic mass is 10.1. The van der Waals surface area contributed by atoms with Gasteiger partial charge in [-0.3, -0.25) is 14.4 Å². The second-order valence-electron chi connectivity index (χ2n) is 21.6. The van der Waals surface area contributed by atoms with Crippen LogP contribution >= 0.6 is 0 Å². The molecule has 6 nitrogen and oxygen atoms in total. The smallest absolute Gasteiger partial charge is 0.306 e. The Morgan fingerprint density at radius 2 is 0.470 bits per heavy atom. The number of carbonyl (C=O) groups excluding carboxylic acids is 3. The van der Waals surface area contributed by atoms with E-state index in [9.17, 15) is 14.4 Å². The number of hydrogen-bond acceptors (Lipinski definition) is 6. The molecule has 0 amide bonds. The van der Waals surface area contributed by atoms with Crippen LogP contribution in [0, 0.1) is 0 Å². The highest BCUT2D eigenvalue weighted by molar-refractivity contribution is 5.71. The molecule has 0 saturated heterocycles. The molecule has 0 aromatic carbocycles. The number of hydrogen-bond donors (Lipinski definition) is 0. The van der Waals surface area contributed by atoms with Crippen LogP contribution in [0.5, 0.6) is 0 Å². The molecule has 0 aliphatic heterocycles. The summed E-state index contributed by atoms with van der Waals surface area (Å²) in [7, 11) is 0. The molecule has 0 bridgehead atoms. The zero-order chi connectivity index (χ0) is 59.9. The minimum Gasteiger partial charge on any atom is -0.462 e. The minimum atomic E-state index is -0.817. The molecular formula is C77H122O6. The summed E-state index contributed by atoms with van der Waals surface area (Å²) < 4.78 is 16.9. The molecule has 0 aromatic heterocycles. The van der Waals surface area contributed by atoms with Crippen LogP contribution in [0.15, 0.2) is 170 Å². The monoisotopic (exact) mass is 1140 g/mol. The van der Waals surface area contributed by atoms with Gasteiger partial charge in [-0.05, 0) is 154 Å². The average Bonchev–Trinajstić information content (AvgIpc) is 3.49. The Labute approximate surface area is 511 Å². The number of esters is 3. The van der Waals surface area contributed by atoms with Gasteiger partial charge in [0.2, 0.25) is 0 Å². The van der Waals surface area contributed by atoms with Crippen LogP contribution in [-0.4, -0.2) is 37.2 Å². The zero-order valence-corrected chi connectivity index (χ0v) is 53.4. The Hall–Kier alpha value is -5.23.